The molecular weight excluding hydrogens is 304 g/mol. The van der Waals surface area contributed by atoms with Gasteiger partial charge in [0.25, 0.3) is 0 Å². The van der Waals surface area contributed by atoms with E-state index in [1.54, 1.807) is 45.0 Å². The lowest BCUT2D eigenvalue weighted by atomic mass is 9.97. The van der Waals surface area contributed by atoms with Crippen molar-refractivity contribution in [2.24, 2.45) is 5.41 Å². The average Bonchev–Trinajstić information content (AvgIpc) is 2.57. The number of carbonyl (C=O) groups excluding carboxylic acids is 1. The maximum Gasteiger partial charge on any atom is 0.316 e. The molecule has 0 atom stereocenters. The fourth-order valence-electron chi connectivity index (χ4n) is 2.24. The summed E-state index contributed by atoms with van der Waals surface area (Å²) in [7, 11) is 0. The smallest absolute Gasteiger partial charge is 0.316 e. The summed E-state index contributed by atoms with van der Waals surface area (Å²) in [6.07, 6.45) is 0. The zero-order valence-electron chi connectivity index (χ0n) is 13.8. The molecule has 0 saturated heterocycles. The molecule has 0 N–H and O–H groups in total. The van der Waals surface area contributed by atoms with E-state index < -0.39 is 11.4 Å². The van der Waals surface area contributed by atoms with E-state index in [1.807, 2.05) is 30.3 Å². The highest BCUT2D eigenvalue weighted by molar-refractivity contribution is 5.85. The van der Waals surface area contributed by atoms with Crippen LogP contribution in [0.3, 0.4) is 0 Å². The molecule has 0 radical (unpaired) electrons. The predicted molar refractivity (Wildman–Crippen MR) is 93.0 cm³/mol. The molecule has 3 aromatic rings. The number of ether oxygens (including phenoxy) is 1. The molecule has 0 aliphatic carbocycles. The molecule has 1 heterocycles. The van der Waals surface area contributed by atoms with Crippen LogP contribution in [0, 0.1) is 5.41 Å². The fraction of sp³-hybridized carbons (Fsp3) is 0.200. The minimum Gasteiger partial charge on any atom is -0.452 e. The monoisotopic (exact) mass is 322 g/mol. The third kappa shape index (κ3) is 2.95. The molecule has 0 amide bonds. The van der Waals surface area contributed by atoms with Gasteiger partial charge in [-0.05, 0) is 32.9 Å². The van der Waals surface area contributed by atoms with Crippen LogP contribution in [0.15, 0.2) is 63.8 Å². The molecule has 3 rings (SSSR count). The van der Waals surface area contributed by atoms with Crippen molar-refractivity contribution in [2.75, 3.05) is 0 Å². The first-order valence-electron chi connectivity index (χ1n) is 7.71. The lowest BCUT2D eigenvalue weighted by Gasteiger charge is -2.17. The summed E-state index contributed by atoms with van der Waals surface area (Å²) in [6.45, 7) is 5.21. The highest BCUT2D eigenvalue weighted by atomic mass is 16.5. The van der Waals surface area contributed by atoms with Crippen LogP contribution >= 0.6 is 0 Å². The van der Waals surface area contributed by atoms with Crippen molar-refractivity contribution in [1.29, 1.82) is 0 Å². The molecule has 0 unspecified atom stereocenters. The van der Waals surface area contributed by atoms with Gasteiger partial charge in [-0.25, -0.2) is 0 Å². The van der Waals surface area contributed by atoms with E-state index in [-0.39, 0.29) is 16.9 Å². The average molecular weight is 322 g/mol. The van der Waals surface area contributed by atoms with Gasteiger partial charge in [-0.1, -0.05) is 42.5 Å². The molecule has 122 valence electrons. The molecule has 2 aromatic carbocycles. The third-order valence-electron chi connectivity index (χ3n) is 3.60. The Balaban J connectivity index is 2.26. The summed E-state index contributed by atoms with van der Waals surface area (Å²) in [4.78, 5) is 25.2. The predicted octanol–water partition coefficient (Wildman–Crippen LogP) is 4.41. The quantitative estimate of drug-likeness (QED) is 0.656. The van der Waals surface area contributed by atoms with E-state index in [0.717, 1.165) is 0 Å². The van der Waals surface area contributed by atoms with Gasteiger partial charge < -0.3 is 9.15 Å². The third-order valence-corrected chi connectivity index (χ3v) is 3.60. The molecule has 0 fully saturated rings. The second-order valence-corrected chi connectivity index (χ2v) is 6.59. The zero-order valence-corrected chi connectivity index (χ0v) is 13.8. The van der Waals surface area contributed by atoms with Gasteiger partial charge in [-0.3, -0.25) is 9.59 Å². The Hall–Kier alpha value is -2.88. The number of esters is 1. The van der Waals surface area contributed by atoms with Crippen LogP contribution in [0.25, 0.3) is 22.3 Å². The molecule has 0 bridgehead atoms. The normalized spacial score (nSPS) is 11.5. The number of para-hydroxylation sites is 1. The lowest BCUT2D eigenvalue weighted by Crippen LogP contribution is -2.28. The zero-order chi connectivity index (χ0) is 17.3. The number of rotatable bonds is 2. The Morgan fingerprint density at radius 1 is 0.958 bits per heavy atom. The minimum absolute atomic E-state index is 0.0696. The standard InChI is InChI=1S/C20H18O4/c1-20(2,3)19(22)24-18-16(21)14-11-7-8-12-15(14)23-17(18)13-9-5-4-6-10-13/h4-12H,1-3H3. The van der Waals surface area contributed by atoms with Gasteiger partial charge in [0.2, 0.25) is 11.2 Å². The van der Waals surface area contributed by atoms with Crippen LogP contribution in [-0.4, -0.2) is 5.97 Å². The first-order chi connectivity index (χ1) is 11.4. The number of hydrogen-bond donors (Lipinski definition) is 0. The summed E-state index contributed by atoms with van der Waals surface area (Å²) in [5.41, 5.74) is 0.0498. The fourth-order valence-corrected chi connectivity index (χ4v) is 2.24. The Bertz CT molecular complexity index is 947. The van der Waals surface area contributed by atoms with Gasteiger partial charge in [-0.2, -0.15) is 0 Å². The molecule has 4 nitrogen and oxygen atoms in total. The first-order valence-corrected chi connectivity index (χ1v) is 7.71. The van der Waals surface area contributed by atoms with Gasteiger partial charge in [0.15, 0.2) is 5.76 Å². The Morgan fingerprint density at radius 2 is 1.58 bits per heavy atom. The number of fused-ring (bicyclic) bond motifs is 1. The van der Waals surface area contributed by atoms with E-state index in [1.165, 1.54) is 0 Å². The summed E-state index contributed by atoms with van der Waals surface area (Å²) in [5, 5.41) is 0.383. The van der Waals surface area contributed by atoms with Crippen molar-refractivity contribution in [1.82, 2.24) is 0 Å². The van der Waals surface area contributed by atoms with Crippen molar-refractivity contribution in [2.45, 2.75) is 20.8 Å². The van der Waals surface area contributed by atoms with Crippen LogP contribution in [0.2, 0.25) is 0 Å². The second-order valence-electron chi connectivity index (χ2n) is 6.59. The van der Waals surface area contributed by atoms with Crippen LogP contribution in [0.5, 0.6) is 5.75 Å². The maximum atomic E-state index is 12.8. The molecule has 0 aliphatic heterocycles. The first kappa shape index (κ1) is 16.0. The Morgan fingerprint density at radius 3 is 2.25 bits per heavy atom. The van der Waals surface area contributed by atoms with Crippen molar-refractivity contribution >= 4 is 16.9 Å². The summed E-state index contributed by atoms with van der Waals surface area (Å²) >= 11 is 0. The Labute approximate surface area is 139 Å². The van der Waals surface area contributed by atoms with Gasteiger partial charge in [-0.15, -0.1) is 0 Å². The van der Waals surface area contributed by atoms with E-state index in [2.05, 4.69) is 0 Å². The van der Waals surface area contributed by atoms with Crippen molar-refractivity contribution < 1.29 is 13.9 Å². The van der Waals surface area contributed by atoms with E-state index in [4.69, 9.17) is 9.15 Å². The van der Waals surface area contributed by atoms with E-state index in [9.17, 15) is 9.59 Å². The molecule has 4 heteroatoms. The lowest BCUT2D eigenvalue weighted by molar-refractivity contribution is -0.143. The van der Waals surface area contributed by atoms with Gasteiger partial charge in [0.1, 0.15) is 5.58 Å². The Kier molecular flexibility index (Phi) is 3.97. The minimum atomic E-state index is -0.730. The van der Waals surface area contributed by atoms with E-state index >= 15 is 0 Å². The summed E-state index contributed by atoms with van der Waals surface area (Å²) < 4.78 is 11.4. The largest absolute Gasteiger partial charge is 0.452 e. The van der Waals surface area contributed by atoms with Crippen LogP contribution in [0.4, 0.5) is 0 Å². The molecule has 0 saturated carbocycles. The van der Waals surface area contributed by atoms with Crippen molar-refractivity contribution in [3.8, 4) is 17.1 Å². The SMILES string of the molecule is CC(C)(C)C(=O)Oc1c(-c2ccccc2)oc2ccccc2c1=O. The van der Waals surface area contributed by atoms with E-state index in [0.29, 0.717) is 16.5 Å². The summed E-state index contributed by atoms with van der Waals surface area (Å²) in [5.74, 6) is -0.293. The van der Waals surface area contributed by atoms with Crippen LogP contribution in [-0.2, 0) is 4.79 Å². The maximum absolute atomic E-state index is 12.8. The molecule has 0 aliphatic rings. The highest BCUT2D eigenvalue weighted by Gasteiger charge is 2.27. The molecule has 1 aromatic heterocycles. The van der Waals surface area contributed by atoms with Gasteiger partial charge in [0.05, 0.1) is 10.8 Å². The second kappa shape index (κ2) is 5.96. The number of carbonyl (C=O) groups is 1. The number of hydrogen-bond acceptors (Lipinski definition) is 4. The van der Waals surface area contributed by atoms with Gasteiger partial charge in [0, 0.05) is 5.56 Å². The highest BCUT2D eigenvalue weighted by Crippen LogP contribution is 2.32. The van der Waals surface area contributed by atoms with Crippen molar-refractivity contribution in [3.05, 3.63) is 64.8 Å². The molecule has 0 spiro atoms. The number of benzene rings is 2. The van der Waals surface area contributed by atoms with Gasteiger partial charge >= 0.3 is 5.97 Å². The topological polar surface area (TPSA) is 56.5 Å². The van der Waals surface area contributed by atoms with Crippen molar-refractivity contribution in [3.63, 3.8) is 0 Å². The molecular formula is C20H18O4. The van der Waals surface area contributed by atoms with Crippen LogP contribution < -0.4 is 10.2 Å². The van der Waals surface area contributed by atoms with Crippen LogP contribution in [0.1, 0.15) is 20.8 Å². The summed E-state index contributed by atoms with van der Waals surface area (Å²) in [6, 6.07) is 16.1. The molecule has 24 heavy (non-hydrogen) atoms.